The first-order chi connectivity index (χ1) is 24.4. The van der Waals surface area contributed by atoms with Crippen molar-refractivity contribution in [2.45, 2.75) is 296 Å². The molecule has 0 saturated carbocycles. The molecule has 2 nitrogen and oxygen atoms in total. The number of rotatable bonds is 40. The van der Waals surface area contributed by atoms with E-state index in [1.165, 1.54) is 205 Å². The van der Waals surface area contributed by atoms with Gasteiger partial charge in [0.25, 0.3) is 0 Å². The van der Waals surface area contributed by atoms with Crippen molar-refractivity contribution in [1.82, 2.24) is 0 Å². The van der Waals surface area contributed by atoms with Crippen LogP contribution in [0.1, 0.15) is 285 Å². The van der Waals surface area contributed by atoms with E-state index in [1.54, 1.807) is 0 Å². The van der Waals surface area contributed by atoms with Gasteiger partial charge in [-0.3, -0.25) is 0 Å². The minimum atomic E-state index is -0.951. The first-order valence-corrected chi connectivity index (χ1v) is 23.4. The first kappa shape index (κ1) is 49.5. The molecule has 0 aromatic carbocycles. The maximum absolute atomic E-state index is 11.9. The van der Waals surface area contributed by atoms with Crippen LogP contribution in [0.4, 0.5) is 0 Å². The fourth-order valence-electron chi connectivity index (χ4n) is 7.65. The summed E-state index contributed by atoms with van der Waals surface area (Å²) in [5.74, 6) is 6.81. The summed E-state index contributed by atoms with van der Waals surface area (Å²) in [6, 6.07) is 0. The van der Waals surface area contributed by atoms with Crippen molar-refractivity contribution < 1.29 is 10.2 Å². The highest BCUT2D eigenvalue weighted by Crippen LogP contribution is 2.27. The molecule has 298 valence electrons. The Labute approximate surface area is 316 Å². The largest absolute Gasteiger partial charge is 0.378 e. The predicted molar refractivity (Wildman–Crippen MR) is 225 cm³/mol. The fourth-order valence-corrected chi connectivity index (χ4v) is 7.65. The normalized spacial score (nSPS) is 12.0. The van der Waals surface area contributed by atoms with E-state index in [0.29, 0.717) is 0 Å². The van der Waals surface area contributed by atoms with Crippen molar-refractivity contribution >= 4 is 0 Å². The van der Waals surface area contributed by atoms with Crippen molar-refractivity contribution in [2.75, 3.05) is 0 Å². The molecule has 0 aromatic heterocycles. The van der Waals surface area contributed by atoms with Crippen molar-refractivity contribution in [2.24, 2.45) is 0 Å². The molecule has 0 fully saturated rings. The molecule has 0 heterocycles. The Hall–Kier alpha value is -0.520. The third-order valence-electron chi connectivity index (χ3n) is 11.3. The highest BCUT2D eigenvalue weighted by molar-refractivity contribution is 5.21. The van der Waals surface area contributed by atoms with Crippen molar-refractivity contribution in [1.29, 1.82) is 0 Å². The van der Waals surface area contributed by atoms with Crippen molar-refractivity contribution in [3.05, 3.63) is 0 Å². The highest BCUT2D eigenvalue weighted by atomic mass is 16.3. The third-order valence-corrected chi connectivity index (χ3v) is 11.3. The van der Waals surface area contributed by atoms with Crippen LogP contribution in [0.5, 0.6) is 0 Å². The molecule has 0 aliphatic carbocycles. The Morgan fingerprint density at radius 3 is 0.540 bits per heavy atom. The van der Waals surface area contributed by atoms with Gasteiger partial charge in [-0.05, 0) is 51.4 Å². The second-order valence-corrected chi connectivity index (χ2v) is 16.6. The van der Waals surface area contributed by atoms with E-state index < -0.39 is 11.2 Å². The fraction of sp³-hybridized carbons (Fsp3) is 0.958. The molecule has 0 atom stereocenters. The number of unbranched alkanes of at least 4 members (excludes halogenated alkanes) is 32. The van der Waals surface area contributed by atoms with Crippen LogP contribution in [0.3, 0.4) is 0 Å². The molecule has 0 saturated heterocycles. The Bertz CT molecular complexity index is 615. The van der Waals surface area contributed by atoms with E-state index in [-0.39, 0.29) is 0 Å². The van der Waals surface area contributed by atoms with Crippen LogP contribution < -0.4 is 0 Å². The molecule has 0 aromatic rings. The van der Waals surface area contributed by atoms with Crippen LogP contribution >= 0.6 is 0 Å². The van der Waals surface area contributed by atoms with Gasteiger partial charge in [-0.25, -0.2) is 0 Å². The van der Waals surface area contributed by atoms with Crippen LogP contribution in [0.25, 0.3) is 0 Å². The summed E-state index contributed by atoms with van der Waals surface area (Å²) < 4.78 is 0. The lowest BCUT2D eigenvalue weighted by Crippen LogP contribution is -2.31. The van der Waals surface area contributed by atoms with Gasteiger partial charge >= 0.3 is 0 Å². The van der Waals surface area contributed by atoms with Crippen molar-refractivity contribution in [3.8, 4) is 11.8 Å². The molecule has 2 N–H and O–H groups in total. The third kappa shape index (κ3) is 34.6. The minimum absolute atomic E-state index is 0.763. The van der Waals surface area contributed by atoms with Crippen LogP contribution in [0, 0.1) is 11.8 Å². The summed E-state index contributed by atoms with van der Waals surface area (Å²) in [7, 11) is 0. The number of aliphatic hydroxyl groups is 2. The van der Waals surface area contributed by atoms with Gasteiger partial charge in [0.05, 0.1) is 0 Å². The lowest BCUT2D eigenvalue weighted by atomic mass is 9.86. The summed E-state index contributed by atoms with van der Waals surface area (Å²) in [6.45, 7) is 9.14. The van der Waals surface area contributed by atoms with E-state index in [2.05, 4.69) is 39.5 Å². The Morgan fingerprint density at radius 2 is 0.380 bits per heavy atom. The molecule has 0 radical (unpaired) electrons. The van der Waals surface area contributed by atoms with Gasteiger partial charge in [0, 0.05) is 0 Å². The summed E-state index contributed by atoms with van der Waals surface area (Å²) >= 11 is 0. The second kappa shape index (κ2) is 38.2. The standard InChI is InChI=1S/C48H94O2/c1-5-9-13-17-21-25-29-33-37-41-47(49,42-38-34-30-26-22-18-14-10-6-2)45-46-48(50,43-39-35-31-27-23-19-15-11-7-3)44-40-36-32-28-24-20-16-12-8-4/h49-50H,5-44H2,1-4H3. The van der Waals surface area contributed by atoms with Crippen LogP contribution in [-0.4, -0.2) is 21.4 Å². The quantitative estimate of drug-likeness (QED) is 0.0493. The summed E-state index contributed by atoms with van der Waals surface area (Å²) in [6.07, 6.45) is 49.6. The van der Waals surface area contributed by atoms with Crippen LogP contribution in [0.2, 0.25) is 0 Å². The second-order valence-electron chi connectivity index (χ2n) is 16.6. The summed E-state index contributed by atoms with van der Waals surface area (Å²) in [5.41, 5.74) is -1.90. The van der Waals surface area contributed by atoms with E-state index in [4.69, 9.17) is 0 Å². The maximum atomic E-state index is 11.9. The Balaban J connectivity index is 5.18. The van der Waals surface area contributed by atoms with E-state index >= 15 is 0 Å². The number of hydrogen-bond donors (Lipinski definition) is 2. The van der Waals surface area contributed by atoms with Gasteiger partial charge in [-0.1, -0.05) is 245 Å². The van der Waals surface area contributed by atoms with Gasteiger partial charge in [-0.15, -0.1) is 0 Å². The average molecular weight is 703 g/mol. The van der Waals surface area contributed by atoms with Gasteiger partial charge in [0.1, 0.15) is 11.2 Å². The molecule has 0 spiro atoms. The summed E-state index contributed by atoms with van der Waals surface area (Å²) in [4.78, 5) is 0. The monoisotopic (exact) mass is 703 g/mol. The topological polar surface area (TPSA) is 40.5 Å². The molecule has 0 rings (SSSR count). The molecule has 0 unspecified atom stereocenters. The first-order valence-electron chi connectivity index (χ1n) is 23.4. The SMILES string of the molecule is CCCCCCCCCCCC(O)(C#CC(O)(CCCCCCCCCCC)CCCCCCCCCCC)CCCCCCCCCCC. The zero-order valence-electron chi connectivity index (χ0n) is 35.2. The number of hydrogen-bond acceptors (Lipinski definition) is 2. The Morgan fingerprint density at radius 1 is 0.240 bits per heavy atom. The molecular formula is C48H94O2. The predicted octanol–water partition coefficient (Wildman–Crippen LogP) is 16.1. The average Bonchev–Trinajstić information content (AvgIpc) is 3.11. The zero-order chi connectivity index (χ0) is 36.7. The highest BCUT2D eigenvalue weighted by Gasteiger charge is 2.27. The van der Waals surface area contributed by atoms with E-state index in [0.717, 1.165) is 51.4 Å². The lowest BCUT2D eigenvalue weighted by Gasteiger charge is -2.26. The molecule has 0 amide bonds. The van der Waals surface area contributed by atoms with Crippen molar-refractivity contribution in [3.63, 3.8) is 0 Å². The van der Waals surface area contributed by atoms with Gasteiger partial charge in [0.15, 0.2) is 0 Å². The Kier molecular flexibility index (Phi) is 37.8. The van der Waals surface area contributed by atoms with Gasteiger partial charge < -0.3 is 10.2 Å². The molecule has 2 heteroatoms. The van der Waals surface area contributed by atoms with Gasteiger partial charge in [-0.2, -0.15) is 0 Å². The minimum Gasteiger partial charge on any atom is -0.378 e. The maximum Gasteiger partial charge on any atom is 0.125 e. The van der Waals surface area contributed by atoms with Gasteiger partial charge in [0.2, 0.25) is 0 Å². The lowest BCUT2D eigenvalue weighted by molar-refractivity contribution is 0.0647. The van der Waals surface area contributed by atoms with E-state index in [1.807, 2.05) is 0 Å². The van der Waals surface area contributed by atoms with E-state index in [9.17, 15) is 10.2 Å². The molecule has 50 heavy (non-hydrogen) atoms. The smallest absolute Gasteiger partial charge is 0.125 e. The molecular weight excluding hydrogens is 609 g/mol. The van der Waals surface area contributed by atoms with Crippen LogP contribution in [0.15, 0.2) is 0 Å². The zero-order valence-corrected chi connectivity index (χ0v) is 35.2. The van der Waals surface area contributed by atoms with Crippen LogP contribution in [-0.2, 0) is 0 Å². The molecule has 0 bridgehead atoms. The molecule has 0 aliphatic rings. The molecule has 0 aliphatic heterocycles. The summed E-state index contributed by atoms with van der Waals surface area (Å²) in [5, 5.41) is 23.9.